The molecule has 1 amide bonds. The molecule has 0 aromatic heterocycles. The second-order valence-corrected chi connectivity index (χ2v) is 3.91. The van der Waals surface area contributed by atoms with Gasteiger partial charge in [0.25, 0.3) is 5.69 Å². The minimum atomic E-state index is -0.541. The maximum atomic E-state index is 11.1. The van der Waals surface area contributed by atoms with Gasteiger partial charge in [0, 0.05) is 24.1 Å². The third-order valence-electron chi connectivity index (χ3n) is 2.65. The number of hydrogen-bond acceptors (Lipinski definition) is 4. The predicted octanol–water partition coefficient (Wildman–Crippen LogP) is 2.58. The number of nitro groups is 1. The number of nitro benzene ring substituents is 1. The van der Waals surface area contributed by atoms with Crippen LogP contribution in [0.25, 0.3) is 10.8 Å². The summed E-state index contributed by atoms with van der Waals surface area (Å²) < 4.78 is 0. The Labute approximate surface area is 108 Å². The van der Waals surface area contributed by atoms with E-state index in [4.69, 9.17) is 5.26 Å². The molecule has 0 aliphatic carbocycles. The molecular formula is C13H9N3O3. The number of amides is 1. The molecule has 1 N–H and O–H groups in total. The third-order valence-corrected chi connectivity index (χ3v) is 2.65. The van der Waals surface area contributed by atoms with Crippen molar-refractivity contribution in [1.29, 1.82) is 5.26 Å². The molecule has 2 aromatic rings. The topological polar surface area (TPSA) is 96.0 Å². The van der Waals surface area contributed by atoms with Gasteiger partial charge >= 0.3 is 0 Å². The van der Waals surface area contributed by atoms with Gasteiger partial charge in [-0.3, -0.25) is 14.9 Å². The standard InChI is InChI=1S/C13H9N3O3/c1-8(17)15-11-5-6-12(16(18)19)13-9(7-14)3-2-4-10(11)13/h2-6H,1H3,(H,15,17). The monoisotopic (exact) mass is 255 g/mol. The Bertz CT molecular complexity index is 732. The first-order valence-corrected chi connectivity index (χ1v) is 5.42. The van der Waals surface area contributed by atoms with Crippen molar-refractivity contribution in [2.75, 3.05) is 5.32 Å². The molecule has 0 aliphatic rings. The molecule has 0 saturated heterocycles. The van der Waals surface area contributed by atoms with Gasteiger partial charge < -0.3 is 5.32 Å². The van der Waals surface area contributed by atoms with Gasteiger partial charge in [0.2, 0.25) is 5.91 Å². The highest BCUT2D eigenvalue weighted by atomic mass is 16.6. The van der Waals surface area contributed by atoms with Crippen LogP contribution in [0.5, 0.6) is 0 Å². The van der Waals surface area contributed by atoms with Gasteiger partial charge in [-0.05, 0) is 12.1 Å². The lowest BCUT2D eigenvalue weighted by atomic mass is 10.0. The maximum absolute atomic E-state index is 11.1. The predicted molar refractivity (Wildman–Crippen MR) is 69.6 cm³/mol. The fraction of sp³-hybridized carbons (Fsp3) is 0.0769. The highest BCUT2D eigenvalue weighted by molar-refractivity contribution is 6.06. The number of fused-ring (bicyclic) bond motifs is 1. The number of carbonyl (C=O) groups is 1. The Kier molecular flexibility index (Phi) is 3.12. The van der Waals surface area contributed by atoms with E-state index < -0.39 is 4.92 Å². The van der Waals surface area contributed by atoms with Gasteiger partial charge in [0.15, 0.2) is 0 Å². The lowest BCUT2D eigenvalue weighted by Crippen LogP contribution is -2.06. The Morgan fingerprint density at radius 1 is 1.37 bits per heavy atom. The number of nitrogens with one attached hydrogen (secondary N) is 1. The van der Waals surface area contributed by atoms with Crippen LogP contribution in [0.1, 0.15) is 12.5 Å². The molecule has 0 fully saturated rings. The van der Waals surface area contributed by atoms with Crippen molar-refractivity contribution in [2.45, 2.75) is 6.92 Å². The molecule has 0 atom stereocenters. The molecule has 6 heteroatoms. The summed E-state index contributed by atoms with van der Waals surface area (Å²) in [5.41, 5.74) is 0.503. The highest BCUT2D eigenvalue weighted by Crippen LogP contribution is 2.33. The number of rotatable bonds is 2. The smallest absolute Gasteiger partial charge is 0.278 e. The van der Waals surface area contributed by atoms with Crippen LogP contribution in [0.15, 0.2) is 30.3 Å². The average Bonchev–Trinajstić information content (AvgIpc) is 2.37. The van der Waals surface area contributed by atoms with Crippen molar-refractivity contribution < 1.29 is 9.72 Å². The van der Waals surface area contributed by atoms with Crippen molar-refractivity contribution in [3.05, 3.63) is 46.0 Å². The summed E-state index contributed by atoms with van der Waals surface area (Å²) in [5, 5.41) is 23.4. The number of anilines is 1. The van der Waals surface area contributed by atoms with Gasteiger partial charge in [0.1, 0.15) is 6.07 Å². The van der Waals surface area contributed by atoms with E-state index in [-0.39, 0.29) is 22.5 Å². The summed E-state index contributed by atoms with van der Waals surface area (Å²) in [5.74, 6) is -0.280. The number of nitrogens with zero attached hydrogens (tertiary/aromatic N) is 2. The van der Waals surface area contributed by atoms with Crippen molar-refractivity contribution >= 4 is 28.1 Å². The molecule has 0 heterocycles. The van der Waals surface area contributed by atoms with Crippen LogP contribution in [0, 0.1) is 21.4 Å². The number of carbonyl (C=O) groups excluding carboxylic acids is 1. The molecule has 94 valence electrons. The SMILES string of the molecule is CC(=O)Nc1ccc([N+](=O)[O-])c2c(C#N)cccc12. The summed E-state index contributed by atoms with van der Waals surface area (Å²) in [6.45, 7) is 1.35. The molecular weight excluding hydrogens is 246 g/mol. The number of hydrogen-bond donors (Lipinski definition) is 1. The minimum absolute atomic E-state index is 0.152. The van der Waals surface area contributed by atoms with E-state index in [1.807, 2.05) is 6.07 Å². The normalized spacial score (nSPS) is 9.89. The second kappa shape index (κ2) is 4.74. The van der Waals surface area contributed by atoms with Crippen LogP contribution in [-0.4, -0.2) is 10.8 Å². The van der Waals surface area contributed by atoms with Crippen molar-refractivity contribution in [1.82, 2.24) is 0 Å². The summed E-state index contributed by atoms with van der Waals surface area (Å²) in [6.07, 6.45) is 0. The molecule has 6 nitrogen and oxygen atoms in total. The van der Waals surface area contributed by atoms with Gasteiger partial charge in [-0.2, -0.15) is 5.26 Å². The maximum Gasteiger partial charge on any atom is 0.278 e. The molecule has 0 radical (unpaired) electrons. The molecule has 0 aliphatic heterocycles. The lowest BCUT2D eigenvalue weighted by Gasteiger charge is -2.08. The Morgan fingerprint density at radius 2 is 2.11 bits per heavy atom. The largest absolute Gasteiger partial charge is 0.326 e. The number of non-ortho nitro benzene ring substituents is 1. The van der Waals surface area contributed by atoms with Gasteiger partial charge in [-0.25, -0.2) is 0 Å². The van der Waals surface area contributed by atoms with E-state index >= 15 is 0 Å². The van der Waals surface area contributed by atoms with Gasteiger partial charge in [0.05, 0.1) is 15.9 Å². The Balaban J connectivity index is 2.86. The molecule has 0 saturated carbocycles. The fourth-order valence-electron chi connectivity index (χ4n) is 1.93. The van der Waals surface area contributed by atoms with E-state index in [0.717, 1.165) is 0 Å². The van der Waals surface area contributed by atoms with E-state index in [1.54, 1.807) is 12.1 Å². The highest BCUT2D eigenvalue weighted by Gasteiger charge is 2.17. The van der Waals surface area contributed by atoms with E-state index in [9.17, 15) is 14.9 Å². The minimum Gasteiger partial charge on any atom is -0.326 e. The van der Waals surface area contributed by atoms with Crippen LogP contribution in [-0.2, 0) is 4.79 Å². The zero-order valence-electron chi connectivity index (χ0n) is 10.0. The molecule has 19 heavy (non-hydrogen) atoms. The summed E-state index contributed by atoms with van der Waals surface area (Å²) >= 11 is 0. The van der Waals surface area contributed by atoms with Gasteiger partial charge in [-0.15, -0.1) is 0 Å². The molecule has 0 unspecified atom stereocenters. The number of nitriles is 1. The third kappa shape index (κ3) is 2.21. The van der Waals surface area contributed by atoms with Crippen LogP contribution in [0.3, 0.4) is 0 Å². The lowest BCUT2D eigenvalue weighted by molar-refractivity contribution is -0.383. The Hall–Kier alpha value is -2.94. The van der Waals surface area contributed by atoms with Crippen LogP contribution < -0.4 is 5.32 Å². The quantitative estimate of drug-likeness (QED) is 0.658. The Morgan fingerprint density at radius 3 is 2.68 bits per heavy atom. The first-order chi connectivity index (χ1) is 9.04. The van der Waals surface area contributed by atoms with Gasteiger partial charge in [-0.1, -0.05) is 12.1 Å². The van der Waals surface area contributed by atoms with Crippen molar-refractivity contribution in [3.63, 3.8) is 0 Å². The van der Waals surface area contributed by atoms with Crippen LogP contribution in [0.2, 0.25) is 0 Å². The van der Waals surface area contributed by atoms with Crippen molar-refractivity contribution in [3.8, 4) is 6.07 Å². The average molecular weight is 255 g/mol. The summed E-state index contributed by atoms with van der Waals surface area (Å²) in [6, 6.07) is 9.44. The first-order valence-electron chi connectivity index (χ1n) is 5.42. The van der Waals surface area contributed by atoms with Crippen LogP contribution >= 0.6 is 0 Å². The van der Waals surface area contributed by atoms with Crippen molar-refractivity contribution in [2.24, 2.45) is 0 Å². The van der Waals surface area contributed by atoms with E-state index in [2.05, 4.69) is 5.32 Å². The molecule has 2 rings (SSSR count). The van der Waals surface area contributed by atoms with E-state index in [0.29, 0.717) is 11.1 Å². The zero-order chi connectivity index (χ0) is 14.0. The first kappa shape index (κ1) is 12.5. The molecule has 2 aromatic carbocycles. The zero-order valence-corrected chi connectivity index (χ0v) is 10.0. The summed E-state index contributed by atoms with van der Waals surface area (Å²) in [4.78, 5) is 21.6. The second-order valence-electron chi connectivity index (χ2n) is 3.91. The fourth-order valence-corrected chi connectivity index (χ4v) is 1.93. The van der Waals surface area contributed by atoms with E-state index in [1.165, 1.54) is 25.1 Å². The summed E-state index contributed by atoms with van der Waals surface area (Å²) in [7, 11) is 0. The molecule has 0 spiro atoms. The molecule has 0 bridgehead atoms. The number of benzene rings is 2. The van der Waals surface area contributed by atoms with Crippen LogP contribution in [0.4, 0.5) is 11.4 Å².